The Kier molecular flexibility index (Phi) is 4.07. The Bertz CT molecular complexity index is 718. The molecule has 1 unspecified atom stereocenters. The molecule has 4 nitrogen and oxygen atoms in total. The third kappa shape index (κ3) is 2.68. The standard InChI is InChI=1S/C17H17BrN2O2/c1-11(21)19-20-16-6-4-3-5-12(16)9-17(20)14-10-13(22-2)7-8-15(14)18/h3-8,10,17H,9H2,1-2H3,(H,19,21). The molecule has 0 saturated heterocycles. The maximum atomic E-state index is 11.6. The van der Waals surface area contributed by atoms with E-state index in [1.165, 1.54) is 12.5 Å². The normalized spacial score (nSPS) is 16.3. The van der Waals surface area contributed by atoms with Gasteiger partial charge in [-0.3, -0.25) is 15.2 Å². The first-order chi connectivity index (χ1) is 10.6. The summed E-state index contributed by atoms with van der Waals surface area (Å²) in [4.78, 5) is 11.6. The summed E-state index contributed by atoms with van der Waals surface area (Å²) in [6, 6.07) is 14.1. The molecule has 114 valence electrons. The van der Waals surface area contributed by atoms with E-state index in [-0.39, 0.29) is 11.9 Å². The van der Waals surface area contributed by atoms with E-state index < -0.39 is 0 Å². The fourth-order valence-corrected chi connectivity index (χ4v) is 3.36. The van der Waals surface area contributed by atoms with Crippen LogP contribution in [0.4, 0.5) is 5.69 Å². The minimum absolute atomic E-state index is 0.0331. The number of halogens is 1. The molecule has 3 rings (SSSR count). The van der Waals surface area contributed by atoms with Crippen LogP contribution in [-0.2, 0) is 11.2 Å². The van der Waals surface area contributed by atoms with Crippen molar-refractivity contribution in [3.8, 4) is 5.75 Å². The molecular weight excluding hydrogens is 344 g/mol. The smallest absolute Gasteiger partial charge is 0.235 e. The molecule has 0 aromatic heterocycles. The summed E-state index contributed by atoms with van der Waals surface area (Å²) in [5, 5.41) is 1.94. The summed E-state index contributed by atoms with van der Waals surface area (Å²) in [6.07, 6.45) is 0.836. The number of benzene rings is 2. The van der Waals surface area contributed by atoms with E-state index in [1.807, 2.05) is 41.4 Å². The van der Waals surface area contributed by atoms with E-state index in [1.54, 1.807) is 7.11 Å². The fraction of sp³-hybridized carbons (Fsp3) is 0.235. The van der Waals surface area contributed by atoms with Crippen molar-refractivity contribution >= 4 is 27.5 Å². The van der Waals surface area contributed by atoms with Gasteiger partial charge in [0.1, 0.15) is 5.75 Å². The average molecular weight is 361 g/mol. The molecule has 1 aliphatic rings. The van der Waals surface area contributed by atoms with Crippen LogP contribution in [0.25, 0.3) is 0 Å². The minimum Gasteiger partial charge on any atom is -0.497 e. The average Bonchev–Trinajstić information content (AvgIpc) is 2.86. The SMILES string of the molecule is COc1ccc(Br)c(C2Cc3ccccc3N2NC(C)=O)c1. The first-order valence-corrected chi connectivity index (χ1v) is 7.87. The van der Waals surface area contributed by atoms with Crippen molar-refractivity contribution in [3.63, 3.8) is 0 Å². The lowest BCUT2D eigenvalue weighted by Crippen LogP contribution is -2.41. The van der Waals surface area contributed by atoms with Crippen LogP contribution in [-0.4, -0.2) is 13.0 Å². The number of ether oxygens (including phenoxy) is 1. The van der Waals surface area contributed by atoms with Crippen molar-refractivity contribution < 1.29 is 9.53 Å². The summed E-state index contributed by atoms with van der Waals surface area (Å²) in [6.45, 7) is 1.53. The molecule has 1 atom stereocenters. The molecular formula is C17H17BrN2O2. The van der Waals surface area contributed by atoms with Crippen LogP contribution in [0.3, 0.4) is 0 Å². The van der Waals surface area contributed by atoms with Crippen molar-refractivity contribution in [1.29, 1.82) is 0 Å². The zero-order chi connectivity index (χ0) is 15.7. The van der Waals surface area contributed by atoms with Crippen LogP contribution >= 0.6 is 15.9 Å². The summed E-state index contributed by atoms with van der Waals surface area (Å²) < 4.78 is 6.34. The quantitative estimate of drug-likeness (QED) is 0.908. The number of hydrogen-bond donors (Lipinski definition) is 1. The number of amides is 1. The van der Waals surface area contributed by atoms with Gasteiger partial charge < -0.3 is 4.74 Å². The lowest BCUT2D eigenvalue weighted by molar-refractivity contribution is -0.119. The largest absolute Gasteiger partial charge is 0.497 e. The summed E-state index contributed by atoms with van der Waals surface area (Å²) in [7, 11) is 1.65. The highest BCUT2D eigenvalue weighted by Gasteiger charge is 2.32. The van der Waals surface area contributed by atoms with Crippen LogP contribution in [0.1, 0.15) is 24.1 Å². The van der Waals surface area contributed by atoms with Crippen LogP contribution < -0.4 is 15.2 Å². The Balaban J connectivity index is 2.05. The van der Waals surface area contributed by atoms with Gasteiger partial charge in [-0.15, -0.1) is 0 Å². The molecule has 0 radical (unpaired) electrons. The van der Waals surface area contributed by atoms with Crippen molar-refractivity contribution in [2.24, 2.45) is 0 Å². The van der Waals surface area contributed by atoms with Gasteiger partial charge in [-0.2, -0.15) is 0 Å². The molecule has 0 fully saturated rings. The number of carbonyl (C=O) groups is 1. The molecule has 2 aromatic carbocycles. The summed E-state index contributed by atoms with van der Waals surface area (Å²) >= 11 is 3.61. The van der Waals surface area contributed by atoms with Gasteiger partial charge in [0.2, 0.25) is 5.91 Å². The highest BCUT2D eigenvalue weighted by molar-refractivity contribution is 9.10. The van der Waals surface area contributed by atoms with Gasteiger partial charge in [-0.1, -0.05) is 34.1 Å². The highest BCUT2D eigenvalue weighted by atomic mass is 79.9. The lowest BCUT2D eigenvalue weighted by atomic mass is 10.0. The van der Waals surface area contributed by atoms with Crippen molar-refractivity contribution in [1.82, 2.24) is 5.43 Å². The van der Waals surface area contributed by atoms with Crippen molar-refractivity contribution in [2.45, 2.75) is 19.4 Å². The second-order valence-electron chi connectivity index (χ2n) is 5.27. The number of anilines is 1. The van der Waals surface area contributed by atoms with Gasteiger partial charge in [0.05, 0.1) is 18.8 Å². The van der Waals surface area contributed by atoms with E-state index in [0.717, 1.165) is 27.9 Å². The Morgan fingerprint density at radius 3 is 2.82 bits per heavy atom. The summed E-state index contributed by atoms with van der Waals surface area (Å²) in [5.74, 6) is 0.720. The number of fused-ring (bicyclic) bond motifs is 1. The third-order valence-corrected chi connectivity index (χ3v) is 4.54. The first kappa shape index (κ1) is 14.9. The Labute approximate surface area is 138 Å². The zero-order valence-electron chi connectivity index (χ0n) is 12.5. The molecule has 1 N–H and O–H groups in total. The molecule has 0 bridgehead atoms. The number of methoxy groups -OCH3 is 1. The van der Waals surface area contributed by atoms with Gasteiger partial charge in [-0.25, -0.2) is 0 Å². The lowest BCUT2D eigenvalue weighted by Gasteiger charge is -2.28. The van der Waals surface area contributed by atoms with Crippen LogP contribution in [0.2, 0.25) is 0 Å². The van der Waals surface area contributed by atoms with E-state index in [9.17, 15) is 4.79 Å². The Morgan fingerprint density at radius 1 is 1.32 bits per heavy atom. The van der Waals surface area contributed by atoms with Crippen molar-refractivity contribution in [2.75, 3.05) is 12.1 Å². The Hall–Kier alpha value is -2.01. The number of hydrazine groups is 1. The van der Waals surface area contributed by atoms with Gasteiger partial charge in [0.15, 0.2) is 0 Å². The predicted molar refractivity (Wildman–Crippen MR) is 89.9 cm³/mol. The molecule has 1 aliphatic heterocycles. The predicted octanol–water partition coefficient (Wildman–Crippen LogP) is 3.61. The molecule has 22 heavy (non-hydrogen) atoms. The van der Waals surface area contributed by atoms with Gasteiger partial charge in [0.25, 0.3) is 0 Å². The number of rotatable bonds is 3. The molecule has 2 aromatic rings. The van der Waals surface area contributed by atoms with Crippen LogP contribution in [0.5, 0.6) is 5.75 Å². The summed E-state index contributed by atoms with van der Waals surface area (Å²) in [5.41, 5.74) is 6.29. The second kappa shape index (κ2) is 6.01. The van der Waals surface area contributed by atoms with Gasteiger partial charge in [0, 0.05) is 17.8 Å². The van der Waals surface area contributed by atoms with E-state index in [2.05, 4.69) is 27.4 Å². The topological polar surface area (TPSA) is 41.6 Å². The Morgan fingerprint density at radius 2 is 2.09 bits per heavy atom. The molecule has 5 heteroatoms. The molecule has 0 aliphatic carbocycles. The molecule has 0 saturated carbocycles. The van der Waals surface area contributed by atoms with Crippen LogP contribution in [0, 0.1) is 0 Å². The third-order valence-electron chi connectivity index (χ3n) is 3.82. The highest BCUT2D eigenvalue weighted by Crippen LogP contribution is 2.42. The maximum Gasteiger partial charge on any atom is 0.235 e. The van der Waals surface area contributed by atoms with Gasteiger partial charge in [-0.05, 0) is 35.4 Å². The van der Waals surface area contributed by atoms with Crippen LogP contribution in [0.15, 0.2) is 46.9 Å². The number of nitrogens with zero attached hydrogens (tertiary/aromatic N) is 1. The van der Waals surface area contributed by atoms with Crippen molar-refractivity contribution in [3.05, 3.63) is 58.1 Å². The monoisotopic (exact) mass is 360 g/mol. The van der Waals surface area contributed by atoms with E-state index in [0.29, 0.717) is 0 Å². The number of para-hydroxylation sites is 1. The van der Waals surface area contributed by atoms with E-state index >= 15 is 0 Å². The van der Waals surface area contributed by atoms with Gasteiger partial charge >= 0.3 is 0 Å². The number of hydrogen-bond acceptors (Lipinski definition) is 3. The minimum atomic E-state index is -0.0827. The molecule has 1 amide bonds. The van der Waals surface area contributed by atoms with E-state index in [4.69, 9.17) is 4.74 Å². The molecule has 0 spiro atoms. The number of carbonyl (C=O) groups excluding carboxylic acids is 1. The number of nitrogens with one attached hydrogen (secondary N) is 1. The molecule has 1 heterocycles. The maximum absolute atomic E-state index is 11.6. The first-order valence-electron chi connectivity index (χ1n) is 7.08. The second-order valence-corrected chi connectivity index (χ2v) is 6.13. The fourth-order valence-electron chi connectivity index (χ4n) is 2.85. The zero-order valence-corrected chi connectivity index (χ0v) is 14.1.